The van der Waals surface area contributed by atoms with E-state index < -0.39 is 0 Å². The summed E-state index contributed by atoms with van der Waals surface area (Å²) in [5.41, 5.74) is 0. The van der Waals surface area contributed by atoms with E-state index in [1.807, 2.05) is 24.4 Å². The maximum absolute atomic E-state index is 11.9. The first-order valence-corrected chi connectivity index (χ1v) is 6.10. The Kier molecular flexibility index (Phi) is 2.72. The lowest BCUT2D eigenvalue weighted by Gasteiger charge is -1.93. The molecule has 0 aliphatic carbocycles. The first-order valence-electron chi connectivity index (χ1n) is 4.02. The van der Waals surface area contributed by atoms with Crippen molar-refractivity contribution in [2.75, 3.05) is 0 Å². The standard InChI is InChI=1S/C10H7ClOS2/c1-6-2-3-8(14-6)9(12)10-7(11)4-5-13-10/h2-5H,1H3. The zero-order valence-electron chi connectivity index (χ0n) is 7.41. The third-order valence-electron chi connectivity index (χ3n) is 1.79. The molecule has 2 aromatic rings. The van der Waals surface area contributed by atoms with Gasteiger partial charge in [0.05, 0.1) is 14.8 Å². The lowest BCUT2D eigenvalue weighted by molar-refractivity contribution is 0.104. The summed E-state index contributed by atoms with van der Waals surface area (Å²) in [5, 5.41) is 2.38. The minimum absolute atomic E-state index is 0.0306. The maximum atomic E-state index is 11.9. The quantitative estimate of drug-likeness (QED) is 0.728. The Bertz CT molecular complexity index is 470. The fourth-order valence-electron chi connectivity index (χ4n) is 1.12. The Balaban J connectivity index is 2.38. The molecule has 4 heteroatoms. The van der Waals surface area contributed by atoms with Gasteiger partial charge in [0.1, 0.15) is 0 Å². The maximum Gasteiger partial charge on any atom is 0.214 e. The van der Waals surface area contributed by atoms with Crippen LogP contribution in [0, 0.1) is 6.92 Å². The summed E-state index contributed by atoms with van der Waals surface area (Å²) < 4.78 is 0. The average Bonchev–Trinajstić information content (AvgIpc) is 2.73. The number of carbonyl (C=O) groups excluding carboxylic acids is 1. The SMILES string of the molecule is Cc1ccc(C(=O)c2sccc2Cl)s1. The largest absolute Gasteiger partial charge is 0.287 e. The highest BCUT2D eigenvalue weighted by molar-refractivity contribution is 7.17. The van der Waals surface area contributed by atoms with Gasteiger partial charge in [0.25, 0.3) is 0 Å². The van der Waals surface area contributed by atoms with Crippen LogP contribution in [0.5, 0.6) is 0 Å². The molecule has 1 nitrogen and oxygen atoms in total. The summed E-state index contributed by atoms with van der Waals surface area (Å²) in [6.45, 7) is 1.98. The lowest BCUT2D eigenvalue weighted by Crippen LogP contribution is -1.95. The van der Waals surface area contributed by atoms with Gasteiger partial charge in [-0.05, 0) is 30.5 Å². The lowest BCUT2D eigenvalue weighted by atomic mass is 10.3. The molecule has 0 amide bonds. The van der Waals surface area contributed by atoms with E-state index in [-0.39, 0.29) is 5.78 Å². The van der Waals surface area contributed by atoms with Gasteiger partial charge in [-0.3, -0.25) is 4.79 Å². The van der Waals surface area contributed by atoms with Crippen molar-refractivity contribution in [3.63, 3.8) is 0 Å². The van der Waals surface area contributed by atoms with Crippen molar-refractivity contribution >= 4 is 40.1 Å². The predicted octanol–water partition coefficient (Wildman–Crippen LogP) is 4.00. The summed E-state index contributed by atoms with van der Waals surface area (Å²) in [4.78, 5) is 14.4. The Morgan fingerprint density at radius 2 is 2.14 bits per heavy atom. The highest BCUT2D eigenvalue weighted by Crippen LogP contribution is 2.27. The van der Waals surface area contributed by atoms with E-state index >= 15 is 0 Å². The van der Waals surface area contributed by atoms with Crippen molar-refractivity contribution in [1.29, 1.82) is 0 Å². The van der Waals surface area contributed by atoms with E-state index in [1.54, 1.807) is 6.07 Å². The second-order valence-electron chi connectivity index (χ2n) is 2.84. The monoisotopic (exact) mass is 242 g/mol. The molecule has 0 aliphatic heterocycles. The fourth-order valence-corrected chi connectivity index (χ4v) is 3.10. The van der Waals surface area contributed by atoms with Gasteiger partial charge in [0.2, 0.25) is 5.78 Å². The fraction of sp³-hybridized carbons (Fsp3) is 0.100. The van der Waals surface area contributed by atoms with Crippen molar-refractivity contribution in [1.82, 2.24) is 0 Å². The molecule has 0 aromatic carbocycles. The molecule has 2 aromatic heterocycles. The van der Waals surface area contributed by atoms with Crippen molar-refractivity contribution < 1.29 is 4.79 Å². The summed E-state index contributed by atoms with van der Waals surface area (Å²) in [6, 6.07) is 5.54. The second-order valence-corrected chi connectivity index (χ2v) is 5.45. The molecular formula is C10H7ClOS2. The van der Waals surface area contributed by atoms with Crippen LogP contribution in [0.2, 0.25) is 5.02 Å². The van der Waals surface area contributed by atoms with Crippen LogP contribution in [0.25, 0.3) is 0 Å². The molecule has 0 unspecified atom stereocenters. The molecule has 0 N–H and O–H groups in total. The first kappa shape index (κ1) is 9.90. The van der Waals surface area contributed by atoms with Crippen LogP contribution in [0.15, 0.2) is 23.6 Å². The van der Waals surface area contributed by atoms with Crippen LogP contribution in [-0.4, -0.2) is 5.78 Å². The average molecular weight is 243 g/mol. The van der Waals surface area contributed by atoms with E-state index in [0.29, 0.717) is 9.90 Å². The van der Waals surface area contributed by atoms with Crippen LogP contribution in [-0.2, 0) is 0 Å². The molecule has 0 saturated heterocycles. The number of ketones is 1. The third-order valence-corrected chi connectivity index (χ3v) is 4.13. The minimum atomic E-state index is 0.0306. The molecule has 2 rings (SSSR count). The first-order chi connectivity index (χ1) is 6.68. The zero-order chi connectivity index (χ0) is 10.1. The Labute approximate surface area is 95.0 Å². The van der Waals surface area contributed by atoms with Crippen LogP contribution < -0.4 is 0 Å². The van der Waals surface area contributed by atoms with E-state index in [2.05, 4.69) is 0 Å². The van der Waals surface area contributed by atoms with E-state index in [9.17, 15) is 4.79 Å². The van der Waals surface area contributed by atoms with E-state index in [1.165, 1.54) is 22.7 Å². The summed E-state index contributed by atoms with van der Waals surface area (Å²) in [5.74, 6) is 0.0306. The molecular weight excluding hydrogens is 236 g/mol. The molecule has 0 radical (unpaired) electrons. The Morgan fingerprint density at radius 3 is 2.64 bits per heavy atom. The van der Waals surface area contributed by atoms with E-state index in [0.717, 1.165) is 9.75 Å². The number of rotatable bonds is 2. The molecule has 0 fully saturated rings. The molecule has 0 saturated carbocycles. The molecule has 0 bridgehead atoms. The van der Waals surface area contributed by atoms with Gasteiger partial charge in [-0.15, -0.1) is 22.7 Å². The summed E-state index contributed by atoms with van der Waals surface area (Å²) in [7, 11) is 0. The number of hydrogen-bond donors (Lipinski definition) is 0. The van der Waals surface area contributed by atoms with Crippen LogP contribution in [0.1, 0.15) is 19.4 Å². The number of thiophene rings is 2. The van der Waals surface area contributed by atoms with Gasteiger partial charge in [-0.2, -0.15) is 0 Å². The normalized spacial score (nSPS) is 10.4. The smallest absolute Gasteiger partial charge is 0.214 e. The van der Waals surface area contributed by atoms with Crippen molar-refractivity contribution in [3.8, 4) is 0 Å². The molecule has 0 spiro atoms. The van der Waals surface area contributed by atoms with Gasteiger partial charge in [-0.25, -0.2) is 0 Å². The number of aryl methyl sites for hydroxylation is 1. The van der Waals surface area contributed by atoms with Crippen molar-refractivity contribution in [2.24, 2.45) is 0 Å². The topological polar surface area (TPSA) is 17.1 Å². The zero-order valence-corrected chi connectivity index (χ0v) is 9.80. The van der Waals surface area contributed by atoms with Crippen molar-refractivity contribution in [3.05, 3.63) is 43.2 Å². The molecule has 14 heavy (non-hydrogen) atoms. The molecule has 0 atom stereocenters. The second kappa shape index (κ2) is 3.85. The van der Waals surface area contributed by atoms with Gasteiger partial charge >= 0.3 is 0 Å². The van der Waals surface area contributed by atoms with Crippen LogP contribution in [0.4, 0.5) is 0 Å². The van der Waals surface area contributed by atoms with Crippen molar-refractivity contribution in [2.45, 2.75) is 6.92 Å². The van der Waals surface area contributed by atoms with E-state index in [4.69, 9.17) is 11.6 Å². The number of carbonyl (C=O) groups is 1. The molecule has 2 heterocycles. The predicted molar refractivity (Wildman–Crippen MR) is 61.8 cm³/mol. The summed E-state index contributed by atoms with van der Waals surface area (Å²) in [6.07, 6.45) is 0. The Hall–Kier alpha value is -0.640. The molecule has 72 valence electrons. The molecule has 0 aliphatic rings. The number of halogens is 1. The Morgan fingerprint density at radius 1 is 1.36 bits per heavy atom. The highest BCUT2D eigenvalue weighted by atomic mass is 35.5. The van der Waals surface area contributed by atoms with Gasteiger partial charge in [0.15, 0.2) is 0 Å². The van der Waals surface area contributed by atoms with Gasteiger partial charge < -0.3 is 0 Å². The number of hydrogen-bond acceptors (Lipinski definition) is 3. The van der Waals surface area contributed by atoms with Gasteiger partial charge in [-0.1, -0.05) is 11.6 Å². The van der Waals surface area contributed by atoms with Crippen LogP contribution in [0.3, 0.4) is 0 Å². The van der Waals surface area contributed by atoms with Gasteiger partial charge in [0, 0.05) is 4.88 Å². The minimum Gasteiger partial charge on any atom is -0.287 e. The highest BCUT2D eigenvalue weighted by Gasteiger charge is 2.15. The van der Waals surface area contributed by atoms with Crippen LogP contribution >= 0.6 is 34.3 Å². The summed E-state index contributed by atoms with van der Waals surface area (Å²) >= 11 is 8.77. The third kappa shape index (κ3) is 1.75.